The van der Waals surface area contributed by atoms with E-state index in [9.17, 15) is 4.79 Å². The summed E-state index contributed by atoms with van der Waals surface area (Å²) in [6.07, 6.45) is 4.83. The van der Waals surface area contributed by atoms with Crippen molar-refractivity contribution in [2.24, 2.45) is 11.3 Å². The van der Waals surface area contributed by atoms with Crippen LogP contribution in [0.3, 0.4) is 0 Å². The Morgan fingerprint density at radius 1 is 1.62 bits per heavy atom. The van der Waals surface area contributed by atoms with Gasteiger partial charge in [0.05, 0.1) is 5.41 Å². The number of carboxylic acids is 1. The van der Waals surface area contributed by atoms with Gasteiger partial charge < -0.3 is 5.11 Å². The molecular formula is C11H20O2. The van der Waals surface area contributed by atoms with Crippen molar-refractivity contribution >= 4 is 5.97 Å². The van der Waals surface area contributed by atoms with Crippen LogP contribution < -0.4 is 0 Å². The molecule has 0 saturated carbocycles. The second kappa shape index (κ2) is 5.05. The number of hydrogen-bond acceptors (Lipinski definition) is 1. The number of rotatable bonds is 6. The lowest BCUT2D eigenvalue weighted by molar-refractivity contribution is -0.149. The van der Waals surface area contributed by atoms with Crippen molar-refractivity contribution in [1.82, 2.24) is 0 Å². The van der Waals surface area contributed by atoms with Crippen LogP contribution in [0.15, 0.2) is 12.7 Å². The normalized spacial score (nSPS) is 13.8. The molecule has 76 valence electrons. The van der Waals surface area contributed by atoms with Gasteiger partial charge in [0.2, 0.25) is 0 Å². The molecule has 0 aliphatic heterocycles. The Morgan fingerprint density at radius 2 is 2.15 bits per heavy atom. The molecule has 0 aromatic heterocycles. The number of allylic oxidation sites excluding steroid dienone is 1. The van der Waals surface area contributed by atoms with Crippen LogP contribution in [-0.2, 0) is 4.79 Å². The molecule has 0 saturated heterocycles. The lowest BCUT2D eigenvalue weighted by atomic mass is 9.77. The maximum Gasteiger partial charge on any atom is 0.309 e. The highest BCUT2D eigenvalue weighted by Gasteiger charge is 2.32. The Labute approximate surface area is 80.7 Å². The van der Waals surface area contributed by atoms with E-state index in [1.807, 2.05) is 13.0 Å². The number of carbonyl (C=O) groups is 1. The van der Waals surface area contributed by atoms with Crippen LogP contribution in [0.5, 0.6) is 0 Å². The zero-order valence-corrected chi connectivity index (χ0v) is 8.84. The van der Waals surface area contributed by atoms with E-state index in [2.05, 4.69) is 6.58 Å². The minimum Gasteiger partial charge on any atom is -0.481 e. The molecule has 0 aliphatic rings. The van der Waals surface area contributed by atoms with Crippen molar-refractivity contribution in [2.75, 3.05) is 0 Å². The molecule has 13 heavy (non-hydrogen) atoms. The first-order chi connectivity index (χ1) is 5.92. The third-order valence-corrected chi connectivity index (χ3v) is 2.83. The molecule has 0 bridgehead atoms. The van der Waals surface area contributed by atoms with Crippen LogP contribution in [0.2, 0.25) is 0 Å². The average molecular weight is 184 g/mol. The van der Waals surface area contributed by atoms with Gasteiger partial charge in [-0.3, -0.25) is 4.79 Å². The Hall–Kier alpha value is -0.790. The van der Waals surface area contributed by atoms with Crippen molar-refractivity contribution in [2.45, 2.75) is 40.0 Å². The molecule has 0 aromatic carbocycles. The molecular weight excluding hydrogens is 164 g/mol. The molecule has 2 nitrogen and oxygen atoms in total. The zero-order valence-electron chi connectivity index (χ0n) is 8.84. The third-order valence-electron chi connectivity index (χ3n) is 2.83. The molecule has 0 heterocycles. The van der Waals surface area contributed by atoms with Crippen LogP contribution in [-0.4, -0.2) is 11.1 Å². The second-order valence-corrected chi connectivity index (χ2v) is 4.15. The third kappa shape index (κ3) is 3.62. The summed E-state index contributed by atoms with van der Waals surface area (Å²) in [5.74, 6) is -0.497. The van der Waals surface area contributed by atoms with Gasteiger partial charge in [-0.15, -0.1) is 6.58 Å². The van der Waals surface area contributed by atoms with Crippen molar-refractivity contribution in [3.05, 3.63) is 12.7 Å². The van der Waals surface area contributed by atoms with Crippen LogP contribution in [0.1, 0.15) is 40.0 Å². The van der Waals surface area contributed by atoms with Crippen LogP contribution in [0, 0.1) is 11.3 Å². The van der Waals surface area contributed by atoms with Gasteiger partial charge in [0, 0.05) is 0 Å². The Bertz CT molecular complexity index is 183. The molecule has 0 fully saturated rings. The maximum absolute atomic E-state index is 10.9. The van der Waals surface area contributed by atoms with Gasteiger partial charge in [-0.1, -0.05) is 13.0 Å². The van der Waals surface area contributed by atoms with E-state index in [0.29, 0.717) is 0 Å². The molecule has 0 amide bonds. The molecule has 2 heteroatoms. The highest BCUT2D eigenvalue weighted by Crippen LogP contribution is 2.30. The predicted molar refractivity (Wildman–Crippen MR) is 54.6 cm³/mol. The topological polar surface area (TPSA) is 37.3 Å². The maximum atomic E-state index is 10.9. The van der Waals surface area contributed by atoms with E-state index >= 15 is 0 Å². The van der Waals surface area contributed by atoms with E-state index in [-0.39, 0.29) is 5.92 Å². The second-order valence-electron chi connectivity index (χ2n) is 4.15. The number of aliphatic carboxylic acids is 1. The Balaban J connectivity index is 4.01. The van der Waals surface area contributed by atoms with E-state index in [1.165, 1.54) is 0 Å². The van der Waals surface area contributed by atoms with Gasteiger partial charge in [-0.25, -0.2) is 0 Å². The average Bonchev–Trinajstić information content (AvgIpc) is 2.04. The molecule has 1 unspecified atom stereocenters. The fourth-order valence-corrected chi connectivity index (χ4v) is 1.14. The Morgan fingerprint density at radius 3 is 2.54 bits per heavy atom. The summed E-state index contributed by atoms with van der Waals surface area (Å²) in [4.78, 5) is 10.9. The summed E-state index contributed by atoms with van der Waals surface area (Å²) in [6, 6.07) is 0. The quantitative estimate of drug-likeness (QED) is 0.508. The summed E-state index contributed by atoms with van der Waals surface area (Å²) in [5, 5.41) is 8.95. The van der Waals surface area contributed by atoms with Gasteiger partial charge >= 0.3 is 5.97 Å². The van der Waals surface area contributed by atoms with Gasteiger partial charge in [-0.2, -0.15) is 0 Å². The van der Waals surface area contributed by atoms with Crippen LogP contribution in [0.25, 0.3) is 0 Å². The summed E-state index contributed by atoms with van der Waals surface area (Å²) in [7, 11) is 0. The SMILES string of the molecule is C=CCCCC(C)C(C)(C)C(=O)O. The van der Waals surface area contributed by atoms with Crippen LogP contribution >= 0.6 is 0 Å². The summed E-state index contributed by atoms with van der Waals surface area (Å²) >= 11 is 0. The van der Waals surface area contributed by atoms with Gasteiger partial charge in [0.25, 0.3) is 0 Å². The highest BCUT2D eigenvalue weighted by molar-refractivity contribution is 5.73. The number of hydrogen-bond donors (Lipinski definition) is 1. The standard InChI is InChI=1S/C11H20O2/c1-5-6-7-8-9(2)11(3,4)10(12)13/h5,9H,1,6-8H2,2-4H3,(H,12,13). The van der Waals surface area contributed by atoms with E-state index in [0.717, 1.165) is 19.3 Å². The fraction of sp³-hybridized carbons (Fsp3) is 0.727. The minimum atomic E-state index is -0.710. The molecule has 0 spiro atoms. The molecule has 1 N–H and O–H groups in total. The van der Waals surface area contributed by atoms with E-state index < -0.39 is 11.4 Å². The van der Waals surface area contributed by atoms with Crippen molar-refractivity contribution in [3.63, 3.8) is 0 Å². The summed E-state index contributed by atoms with van der Waals surface area (Å²) < 4.78 is 0. The summed E-state index contributed by atoms with van der Waals surface area (Å²) in [5.41, 5.74) is -0.610. The minimum absolute atomic E-state index is 0.213. The molecule has 0 rings (SSSR count). The van der Waals surface area contributed by atoms with E-state index in [1.54, 1.807) is 13.8 Å². The van der Waals surface area contributed by atoms with Gasteiger partial charge in [0.15, 0.2) is 0 Å². The van der Waals surface area contributed by atoms with Gasteiger partial charge in [-0.05, 0) is 39.0 Å². The molecule has 0 aromatic rings. The molecule has 0 radical (unpaired) electrons. The van der Waals surface area contributed by atoms with Gasteiger partial charge in [0.1, 0.15) is 0 Å². The fourth-order valence-electron chi connectivity index (χ4n) is 1.14. The first kappa shape index (κ1) is 12.2. The van der Waals surface area contributed by atoms with Crippen molar-refractivity contribution in [1.29, 1.82) is 0 Å². The molecule has 0 aliphatic carbocycles. The van der Waals surface area contributed by atoms with Crippen molar-refractivity contribution in [3.8, 4) is 0 Å². The monoisotopic (exact) mass is 184 g/mol. The molecule has 1 atom stereocenters. The number of unbranched alkanes of at least 4 members (excludes halogenated alkanes) is 1. The van der Waals surface area contributed by atoms with Crippen LogP contribution in [0.4, 0.5) is 0 Å². The zero-order chi connectivity index (χ0) is 10.5. The first-order valence-corrected chi connectivity index (χ1v) is 4.77. The van der Waals surface area contributed by atoms with E-state index in [4.69, 9.17) is 5.11 Å². The number of carboxylic acid groups (broad SMARTS) is 1. The predicted octanol–water partition coefficient (Wildman–Crippen LogP) is 3.09. The Kier molecular flexibility index (Phi) is 4.74. The highest BCUT2D eigenvalue weighted by atomic mass is 16.4. The van der Waals surface area contributed by atoms with Crippen molar-refractivity contribution < 1.29 is 9.90 Å². The largest absolute Gasteiger partial charge is 0.481 e. The summed E-state index contributed by atoms with van der Waals surface area (Å²) in [6.45, 7) is 9.21. The first-order valence-electron chi connectivity index (χ1n) is 4.77. The lowest BCUT2D eigenvalue weighted by Crippen LogP contribution is -2.31. The lowest BCUT2D eigenvalue weighted by Gasteiger charge is -2.26. The smallest absolute Gasteiger partial charge is 0.309 e.